The number of phenols is 1. The first-order valence-corrected chi connectivity index (χ1v) is 9.93. The average molecular weight is 449 g/mol. The molecule has 0 aliphatic carbocycles. The normalized spacial score (nSPS) is 17.3. The molecule has 3 aromatic carbocycles. The molecule has 1 aliphatic heterocycles. The van der Waals surface area contributed by atoms with Crippen molar-refractivity contribution in [2.45, 2.75) is 6.04 Å². The van der Waals surface area contributed by atoms with Gasteiger partial charge in [0.15, 0.2) is 0 Å². The topological polar surface area (TPSA) is 96.3 Å². The van der Waals surface area contributed by atoms with Crippen LogP contribution in [0.2, 0.25) is 0 Å². The molecule has 0 bridgehead atoms. The van der Waals surface area contributed by atoms with Crippen molar-refractivity contribution in [3.05, 3.63) is 89.2 Å². The van der Waals surface area contributed by atoms with Crippen molar-refractivity contribution in [1.82, 2.24) is 0 Å². The smallest absolute Gasteiger partial charge is 0.300 e. The number of anilines is 1. The van der Waals surface area contributed by atoms with Crippen LogP contribution in [0.5, 0.6) is 17.2 Å². The number of benzene rings is 3. The van der Waals surface area contributed by atoms with E-state index in [0.29, 0.717) is 11.3 Å². The Morgan fingerprint density at radius 3 is 2.33 bits per heavy atom. The Morgan fingerprint density at radius 2 is 1.70 bits per heavy atom. The molecule has 0 aromatic heterocycles. The van der Waals surface area contributed by atoms with Gasteiger partial charge in [-0.2, -0.15) is 0 Å². The van der Waals surface area contributed by atoms with Crippen molar-refractivity contribution in [2.24, 2.45) is 0 Å². The fourth-order valence-corrected chi connectivity index (χ4v) is 3.86. The fourth-order valence-electron chi connectivity index (χ4n) is 3.86. The monoisotopic (exact) mass is 449 g/mol. The number of rotatable bonds is 5. The highest BCUT2D eigenvalue weighted by Crippen LogP contribution is 2.44. The van der Waals surface area contributed by atoms with Crippen LogP contribution in [-0.2, 0) is 9.59 Å². The standard InChI is InChI=1S/C25H20FNO6/c1-32-18-10-11-20(33-2)19(13-18)23(29)21-22(14-4-3-5-17(28)12-14)27(25(31)24(21)30)16-8-6-15(26)7-9-16/h3-13,22,28-29H,1-2H3/b23-21+. The van der Waals surface area contributed by atoms with Crippen LogP contribution in [0, 0.1) is 5.82 Å². The second-order valence-corrected chi connectivity index (χ2v) is 7.31. The van der Waals surface area contributed by atoms with E-state index in [0.717, 1.165) is 4.90 Å². The maximum Gasteiger partial charge on any atom is 0.300 e. The lowest BCUT2D eigenvalue weighted by Gasteiger charge is -2.25. The lowest BCUT2D eigenvalue weighted by molar-refractivity contribution is -0.132. The predicted molar refractivity (Wildman–Crippen MR) is 119 cm³/mol. The molecule has 8 heteroatoms. The molecule has 4 rings (SSSR count). The number of ether oxygens (including phenoxy) is 2. The Bertz CT molecular complexity index is 1270. The molecule has 3 aromatic rings. The van der Waals surface area contributed by atoms with Crippen LogP contribution in [0.15, 0.2) is 72.3 Å². The Kier molecular flexibility index (Phi) is 5.74. The Labute approximate surface area is 188 Å². The molecule has 0 saturated carbocycles. The molecule has 33 heavy (non-hydrogen) atoms. The van der Waals surface area contributed by atoms with E-state index in [1.54, 1.807) is 24.3 Å². The van der Waals surface area contributed by atoms with Gasteiger partial charge >= 0.3 is 0 Å². The van der Waals surface area contributed by atoms with Crippen molar-refractivity contribution in [1.29, 1.82) is 0 Å². The molecule has 2 N–H and O–H groups in total. The van der Waals surface area contributed by atoms with E-state index in [1.807, 2.05) is 0 Å². The molecule has 168 valence electrons. The van der Waals surface area contributed by atoms with Gasteiger partial charge in [-0.05, 0) is 60.2 Å². The summed E-state index contributed by atoms with van der Waals surface area (Å²) in [5.74, 6) is -2.24. The van der Waals surface area contributed by atoms with Gasteiger partial charge in [0.25, 0.3) is 11.7 Å². The highest BCUT2D eigenvalue weighted by atomic mass is 19.1. The van der Waals surface area contributed by atoms with Gasteiger partial charge in [-0.3, -0.25) is 14.5 Å². The van der Waals surface area contributed by atoms with Crippen LogP contribution < -0.4 is 14.4 Å². The van der Waals surface area contributed by atoms with Crippen LogP contribution >= 0.6 is 0 Å². The van der Waals surface area contributed by atoms with E-state index in [2.05, 4.69) is 0 Å². The van der Waals surface area contributed by atoms with E-state index < -0.39 is 29.3 Å². The van der Waals surface area contributed by atoms with Gasteiger partial charge < -0.3 is 19.7 Å². The lowest BCUT2D eigenvalue weighted by Crippen LogP contribution is -2.29. The number of nitrogens with zero attached hydrogens (tertiary/aromatic N) is 1. The first-order valence-electron chi connectivity index (χ1n) is 9.93. The zero-order valence-corrected chi connectivity index (χ0v) is 17.8. The summed E-state index contributed by atoms with van der Waals surface area (Å²) in [4.78, 5) is 27.4. The van der Waals surface area contributed by atoms with Crippen LogP contribution in [0.25, 0.3) is 5.76 Å². The zero-order chi connectivity index (χ0) is 23.7. The second kappa shape index (κ2) is 8.66. The Balaban J connectivity index is 1.99. The van der Waals surface area contributed by atoms with Crippen LogP contribution in [-0.4, -0.2) is 36.1 Å². The number of carbonyl (C=O) groups excluding carboxylic acids is 2. The Hall–Kier alpha value is -4.33. The number of carbonyl (C=O) groups is 2. The molecular formula is C25H20FNO6. The van der Waals surface area contributed by atoms with Gasteiger partial charge in [-0.25, -0.2) is 4.39 Å². The van der Waals surface area contributed by atoms with Gasteiger partial charge in [0.2, 0.25) is 0 Å². The molecule has 1 atom stereocenters. The first-order chi connectivity index (χ1) is 15.8. The number of aromatic hydroxyl groups is 1. The minimum absolute atomic E-state index is 0.0869. The summed E-state index contributed by atoms with van der Waals surface area (Å²) in [5, 5.41) is 21.3. The summed E-state index contributed by atoms with van der Waals surface area (Å²) in [5.41, 5.74) is 0.575. The fraction of sp³-hybridized carbons (Fsp3) is 0.120. The van der Waals surface area contributed by atoms with E-state index in [9.17, 15) is 24.2 Å². The van der Waals surface area contributed by atoms with Crippen LogP contribution in [0.3, 0.4) is 0 Å². The third-order valence-electron chi connectivity index (χ3n) is 5.40. The summed E-state index contributed by atoms with van der Waals surface area (Å²) in [6.45, 7) is 0. The number of amides is 1. The van der Waals surface area contributed by atoms with E-state index in [4.69, 9.17) is 9.47 Å². The number of aliphatic hydroxyl groups excluding tert-OH is 1. The molecule has 1 aliphatic rings. The molecule has 1 amide bonds. The molecule has 7 nitrogen and oxygen atoms in total. The third kappa shape index (κ3) is 3.87. The quantitative estimate of drug-likeness (QED) is 0.345. The van der Waals surface area contributed by atoms with Gasteiger partial charge in [0.1, 0.15) is 28.8 Å². The maximum atomic E-state index is 13.5. The van der Waals surface area contributed by atoms with Gasteiger partial charge in [-0.1, -0.05) is 12.1 Å². The largest absolute Gasteiger partial charge is 0.508 e. The lowest BCUT2D eigenvalue weighted by atomic mass is 9.94. The molecule has 1 unspecified atom stereocenters. The van der Waals surface area contributed by atoms with Gasteiger partial charge in [0, 0.05) is 5.69 Å². The van der Waals surface area contributed by atoms with E-state index in [-0.39, 0.29) is 28.3 Å². The predicted octanol–water partition coefficient (Wildman–Crippen LogP) is 4.17. The van der Waals surface area contributed by atoms with Crippen molar-refractivity contribution in [3.63, 3.8) is 0 Å². The second-order valence-electron chi connectivity index (χ2n) is 7.31. The van der Waals surface area contributed by atoms with Gasteiger partial charge in [0.05, 0.1) is 31.4 Å². The van der Waals surface area contributed by atoms with E-state index >= 15 is 0 Å². The number of Topliss-reactive ketones (excluding diaryl/α,β-unsaturated/α-hetero) is 1. The number of halogens is 1. The highest BCUT2D eigenvalue weighted by Gasteiger charge is 2.47. The van der Waals surface area contributed by atoms with Crippen molar-refractivity contribution in [2.75, 3.05) is 19.1 Å². The minimum Gasteiger partial charge on any atom is -0.508 e. The summed E-state index contributed by atoms with van der Waals surface area (Å²) < 4.78 is 24.1. The molecule has 0 radical (unpaired) electrons. The molecule has 1 saturated heterocycles. The number of ketones is 1. The van der Waals surface area contributed by atoms with Crippen molar-refractivity contribution >= 4 is 23.1 Å². The van der Waals surface area contributed by atoms with Crippen molar-refractivity contribution < 1.29 is 33.7 Å². The minimum atomic E-state index is -1.08. The molecular weight excluding hydrogens is 429 g/mol. The van der Waals surface area contributed by atoms with E-state index in [1.165, 1.54) is 56.7 Å². The summed E-state index contributed by atoms with van der Waals surface area (Å²) in [6, 6.07) is 14.7. The SMILES string of the molecule is COc1ccc(OC)c(/C(O)=C2\C(=O)C(=O)N(c3ccc(F)cc3)C2c2cccc(O)c2)c1. The summed E-state index contributed by atoms with van der Waals surface area (Å²) in [6.07, 6.45) is 0. The molecule has 1 fully saturated rings. The number of hydrogen-bond donors (Lipinski definition) is 2. The maximum absolute atomic E-state index is 13.5. The zero-order valence-electron chi connectivity index (χ0n) is 17.8. The number of phenolic OH excluding ortho intramolecular Hbond substituents is 1. The number of hydrogen-bond acceptors (Lipinski definition) is 6. The first kappa shape index (κ1) is 21.9. The average Bonchev–Trinajstić information content (AvgIpc) is 3.09. The summed E-state index contributed by atoms with van der Waals surface area (Å²) >= 11 is 0. The van der Waals surface area contributed by atoms with Crippen LogP contribution in [0.1, 0.15) is 17.2 Å². The molecule has 0 spiro atoms. The van der Waals surface area contributed by atoms with Crippen LogP contribution in [0.4, 0.5) is 10.1 Å². The van der Waals surface area contributed by atoms with Gasteiger partial charge in [-0.15, -0.1) is 0 Å². The summed E-state index contributed by atoms with van der Waals surface area (Å²) in [7, 11) is 2.86. The van der Waals surface area contributed by atoms with Crippen molar-refractivity contribution in [3.8, 4) is 17.2 Å². The highest BCUT2D eigenvalue weighted by molar-refractivity contribution is 6.51. The third-order valence-corrected chi connectivity index (χ3v) is 5.40. The number of methoxy groups -OCH3 is 2. The Morgan fingerprint density at radius 1 is 0.970 bits per heavy atom. The molecule has 1 heterocycles. The number of aliphatic hydroxyl groups is 1.